The SMILES string of the molecule is CCOC(=O)c1c(C(F)(F)F)cc(O)c(I)c1C. The molecule has 0 aliphatic heterocycles. The van der Waals surface area contributed by atoms with Crippen LogP contribution in [0.15, 0.2) is 6.07 Å². The molecule has 7 heteroatoms. The lowest BCUT2D eigenvalue weighted by molar-refractivity contribution is -0.138. The number of benzene rings is 1. The van der Waals surface area contributed by atoms with Gasteiger partial charge in [0.05, 0.1) is 21.3 Å². The van der Waals surface area contributed by atoms with Crippen molar-refractivity contribution < 1.29 is 27.8 Å². The van der Waals surface area contributed by atoms with Crippen LogP contribution in [0.4, 0.5) is 13.2 Å². The number of carbonyl (C=O) groups excluding carboxylic acids is 1. The molecule has 100 valence electrons. The molecule has 0 fully saturated rings. The predicted molar refractivity (Wildman–Crippen MR) is 66.5 cm³/mol. The largest absolute Gasteiger partial charge is 0.507 e. The van der Waals surface area contributed by atoms with Crippen LogP contribution in [0.3, 0.4) is 0 Å². The highest BCUT2D eigenvalue weighted by Gasteiger charge is 2.38. The zero-order valence-corrected chi connectivity index (χ0v) is 11.7. The Kier molecular flexibility index (Phi) is 4.46. The molecule has 1 N–H and O–H groups in total. The van der Waals surface area contributed by atoms with Gasteiger partial charge in [-0.15, -0.1) is 0 Å². The minimum Gasteiger partial charge on any atom is -0.507 e. The van der Waals surface area contributed by atoms with Crippen molar-refractivity contribution in [1.82, 2.24) is 0 Å². The maximum Gasteiger partial charge on any atom is 0.417 e. The van der Waals surface area contributed by atoms with Crippen LogP contribution in [0.1, 0.15) is 28.4 Å². The minimum absolute atomic E-state index is 0.0208. The molecule has 1 aromatic rings. The van der Waals surface area contributed by atoms with Crippen LogP contribution in [0.2, 0.25) is 0 Å². The van der Waals surface area contributed by atoms with Crippen molar-refractivity contribution in [3.63, 3.8) is 0 Å². The molecule has 0 aliphatic carbocycles. The molecule has 0 heterocycles. The monoisotopic (exact) mass is 374 g/mol. The van der Waals surface area contributed by atoms with E-state index < -0.39 is 29.0 Å². The van der Waals surface area contributed by atoms with Gasteiger partial charge in [0.15, 0.2) is 0 Å². The van der Waals surface area contributed by atoms with Crippen LogP contribution in [0.25, 0.3) is 0 Å². The number of ether oxygens (including phenoxy) is 1. The summed E-state index contributed by atoms with van der Waals surface area (Å²) in [7, 11) is 0. The van der Waals surface area contributed by atoms with Gasteiger partial charge in [0.1, 0.15) is 5.75 Å². The van der Waals surface area contributed by atoms with Crippen LogP contribution in [-0.2, 0) is 10.9 Å². The Bertz CT molecular complexity index is 483. The van der Waals surface area contributed by atoms with Crippen molar-refractivity contribution in [2.45, 2.75) is 20.0 Å². The Balaban J connectivity index is 3.55. The van der Waals surface area contributed by atoms with Crippen molar-refractivity contribution in [3.8, 4) is 5.75 Å². The van der Waals surface area contributed by atoms with E-state index in [1.807, 2.05) is 0 Å². The van der Waals surface area contributed by atoms with E-state index in [9.17, 15) is 23.1 Å². The standard InChI is InChI=1S/C11H10F3IO3/c1-3-18-10(17)8-5(2)9(15)7(16)4-6(8)11(12,13)14/h4,16H,3H2,1-2H3. The van der Waals surface area contributed by atoms with E-state index in [2.05, 4.69) is 4.74 Å². The van der Waals surface area contributed by atoms with Crippen LogP contribution in [-0.4, -0.2) is 17.7 Å². The van der Waals surface area contributed by atoms with Crippen LogP contribution in [0.5, 0.6) is 5.75 Å². The smallest absolute Gasteiger partial charge is 0.417 e. The quantitative estimate of drug-likeness (QED) is 0.637. The number of alkyl halides is 3. The zero-order chi connectivity index (χ0) is 14.1. The van der Waals surface area contributed by atoms with Gasteiger partial charge in [0, 0.05) is 0 Å². The lowest BCUT2D eigenvalue weighted by Crippen LogP contribution is -2.17. The van der Waals surface area contributed by atoms with Crippen molar-refractivity contribution in [2.24, 2.45) is 0 Å². The van der Waals surface area contributed by atoms with Crippen molar-refractivity contribution >= 4 is 28.6 Å². The first-order valence-electron chi connectivity index (χ1n) is 4.96. The second-order valence-electron chi connectivity index (χ2n) is 3.48. The molecule has 1 aromatic carbocycles. The van der Waals surface area contributed by atoms with Gasteiger partial charge in [-0.25, -0.2) is 4.79 Å². The number of phenols is 1. The summed E-state index contributed by atoms with van der Waals surface area (Å²) in [6.07, 6.45) is -4.73. The normalized spacial score (nSPS) is 11.4. The summed E-state index contributed by atoms with van der Waals surface area (Å²) >= 11 is 1.68. The van der Waals surface area contributed by atoms with Gasteiger partial charge in [0.2, 0.25) is 0 Å². The van der Waals surface area contributed by atoms with Gasteiger partial charge >= 0.3 is 12.1 Å². The molecule has 18 heavy (non-hydrogen) atoms. The lowest BCUT2D eigenvalue weighted by Gasteiger charge is -2.16. The summed E-state index contributed by atoms with van der Waals surface area (Å²) in [4.78, 5) is 11.6. The Morgan fingerprint density at radius 1 is 1.50 bits per heavy atom. The van der Waals surface area contributed by atoms with E-state index in [0.717, 1.165) is 0 Å². The highest BCUT2D eigenvalue weighted by Crippen LogP contribution is 2.38. The van der Waals surface area contributed by atoms with Crippen LogP contribution >= 0.6 is 22.6 Å². The fraction of sp³-hybridized carbons (Fsp3) is 0.364. The second kappa shape index (κ2) is 5.33. The molecular formula is C11H10F3IO3. The summed E-state index contributed by atoms with van der Waals surface area (Å²) in [5, 5.41) is 9.42. The Hall–Kier alpha value is -0.990. The third kappa shape index (κ3) is 2.88. The third-order valence-electron chi connectivity index (χ3n) is 2.26. The molecule has 3 nitrogen and oxygen atoms in total. The van der Waals surface area contributed by atoms with E-state index in [1.165, 1.54) is 13.8 Å². The summed E-state index contributed by atoms with van der Waals surface area (Å²) in [6, 6.07) is 0.543. The third-order valence-corrected chi connectivity index (χ3v) is 3.63. The van der Waals surface area contributed by atoms with Crippen molar-refractivity contribution in [1.29, 1.82) is 0 Å². The number of hydrogen-bond donors (Lipinski definition) is 1. The van der Waals surface area contributed by atoms with E-state index >= 15 is 0 Å². The number of phenolic OH excluding ortho intramolecular Hbond substituents is 1. The van der Waals surface area contributed by atoms with Crippen molar-refractivity contribution in [2.75, 3.05) is 6.61 Å². The van der Waals surface area contributed by atoms with E-state index in [0.29, 0.717) is 6.07 Å². The molecule has 0 unspecified atom stereocenters. The summed E-state index contributed by atoms with van der Waals surface area (Å²) < 4.78 is 43.3. The number of esters is 1. The first-order valence-corrected chi connectivity index (χ1v) is 6.04. The molecule has 0 radical (unpaired) electrons. The first-order chi connectivity index (χ1) is 8.20. The minimum atomic E-state index is -4.73. The second-order valence-corrected chi connectivity index (χ2v) is 4.55. The van der Waals surface area contributed by atoms with Gasteiger partial charge in [0.25, 0.3) is 0 Å². The van der Waals surface area contributed by atoms with Crippen LogP contribution in [0, 0.1) is 10.5 Å². The van der Waals surface area contributed by atoms with Gasteiger partial charge < -0.3 is 9.84 Å². The number of halogens is 4. The molecule has 0 aromatic heterocycles. The molecule has 0 bridgehead atoms. The zero-order valence-electron chi connectivity index (χ0n) is 9.56. The van der Waals surface area contributed by atoms with Gasteiger partial charge in [-0.3, -0.25) is 0 Å². The maximum absolute atomic E-state index is 12.8. The van der Waals surface area contributed by atoms with E-state index in [4.69, 9.17) is 0 Å². The van der Waals surface area contributed by atoms with Crippen molar-refractivity contribution in [3.05, 3.63) is 26.3 Å². The van der Waals surface area contributed by atoms with Crippen LogP contribution < -0.4 is 0 Å². The summed E-state index contributed by atoms with van der Waals surface area (Å²) in [5.41, 5.74) is -1.68. The molecule has 0 saturated carbocycles. The van der Waals surface area contributed by atoms with Gasteiger partial charge in [-0.05, 0) is 48.1 Å². The molecule has 1 rings (SSSR count). The number of hydrogen-bond acceptors (Lipinski definition) is 3. The molecule has 0 spiro atoms. The molecule has 0 atom stereocenters. The molecular weight excluding hydrogens is 364 g/mol. The highest BCUT2D eigenvalue weighted by atomic mass is 127. The first kappa shape index (κ1) is 15.1. The molecule has 0 amide bonds. The fourth-order valence-corrected chi connectivity index (χ4v) is 1.89. The number of rotatable bonds is 2. The molecule has 0 aliphatic rings. The number of aromatic hydroxyl groups is 1. The van der Waals surface area contributed by atoms with Gasteiger partial charge in [-0.2, -0.15) is 13.2 Å². The van der Waals surface area contributed by atoms with E-state index in [1.54, 1.807) is 22.6 Å². The Labute approximate surface area is 115 Å². The van der Waals surface area contributed by atoms with Gasteiger partial charge in [-0.1, -0.05) is 0 Å². The lowest BCUT2D eigenvalue weighted by atomic mass is 10.0. The Morgan fingerprint density at radius 2 is 2.06 bits per heavy atom. The fourth-order valence-electron chi connectivity index (χ4n) is 1.47. The summed E-state index contributed by atoms with van der Waals surface area (Å²) in [5.74, 6) is -1.55. The maximum atomic E-state index is 12.8. The van der Waals surface area contributed by atoms with E-state index in [-0.39, 0.29) is 15.7 Å². The number of carbonyl (C=O) groups is 1. The average molecular weight is 374 g/mol. The molecule has 0 saturated heterocycles. The Morgan fingerprint density at radius 3 is 2.50 bits per heavy atom. The predicted octanol–water partition coefficient (Wildman–Crippen LogP) is 3.50. The topological polar surface area (TPSA) is 46.5 Å². The highest BCUT2D eigenvalue weighted by molar-refractivity contribution is 14.1. The summed E-state index contributed by atoms with van der Waals surface area (Å²) in [6.45, 7) is 2.82. The average Bonchev–Trinajstić information content (AvgIpc) is 2.24.